The Labute approximate surface area is 125 Å². The molecule has 1 saturated carbocycles. The lowest BCUT2D eigenvalue weighted by Crippen LogP contribution is -2.42. The smallest absolute Gasteiger partial charge is 0.313 e. The van der Waals surface area contributed by atoms with Crippen LogP contribution in [0.1, 0.15) is 30.7 Å². The third-order valence-electron chi connectivity index (χ3n) is 4.12. The topological polar surface area (TPSA) is 74.4 Å². The SMILES string of the molecule is COC(=O)C(CN)(Cc1cc(OC)cc(C)n1)CC1CC1. The molecular weight excluding hydrogens is 268 g/mol. The molecule has 0 spiro atoms. The summed E-state index contributed by atoms with van der Waals surface area (Å²) in [6.07, 6.45) is 3.60. The van der Waals surface area contributed by atoms with Crippen molar-refractivity contribution in [2.24, 2.45) is 17.1 Å². The minimum absolute atomic E-state index is 0.237. The molecular formula is C16H24N2O3. The number of rotatable bonds is 7. The molecule has 1 atom stereocenters. The molecule has 1 aromatic heterocycles. The first-order valence-corrected chi connectivity index (χ1v) is 7.33. The van der Waals surface area contributed by atoms with Gasteiger partial charge in [-0.25, -0.2) is 0 Å². The molecule has 0 aliphatic heterocycles. The van der Waals surface area contributed by atoms with Gasteiger partial charge in [0.1, 0.15) is 5.75 Å². The van der Waals surface area contributed by atoms with Crippen LogP contribution in [-0.2, 0) is 16.0 Å². The number of carbonyl (C=O) groups excluding carboxylic acids is 1. The van der Waals surface area contributed by atoms with Crippen LogP contribution in [-0.4, -0.2) is 31.7 Å². The van der Waals surface area contributed by atoms with Gasteiger partial charge in [-0.15, -0.1) is 0 Å². The average Bonchev–Trinajstić information content (AvgIpc) is 3.28. The molecule has 1 aliphatic carbocycles. The van der Waals surface area contributed by atoms with Crippen LogP contribution in [0.25, 0.3) is 0 Å². The standard InChI is InChI=1S/C16H24N2O3/c1-11-6-14(20-2)7-13(18-11)9-16(10-17,15(19)21-3)8-12-4-5-12/h6-7,12H,4-5,8-10,17H2,1-3H3. The number of hydrogen-bond acceptors (Lipinski definition) is 5. The number of nitrogens with zero attached hydrogens (tertiary/aromatic N) is 1. The number of nitrogens with two attached hydrogens (primary N) is 1. The fourth-order valence-electron chi connectivity index (χ4n) is 2.82. The maximum Gasteiger partial charge on any atom is 0.313 e. The zero-order valence-corrected chi connectivity index (χ0v) is 13.0. The van der Waals surface area contributed by atoms with Crippen molar-refractivity contribution in [3.05, 3.63) is 23.5 Å². The van der Waals surface area contributed by atoms with Crippen molar-refractivity contribution in [3.8, 4) is 5.75 Å². The second-order valence-electron chi connectivity index (χ2n) is 5.94. The maximum absolute atomic E-state index is 12.3. The van der Waals surface area contributed by atoms with E-state index in [2.05, 4.69) is 4.98 Å². The van der Waals surface area contributed by atoms with Crippen molar-refractivity contribution in [3.63, 3.8) is 0 Å². The van der Waals surface area contributed by atoms with E-state index in [-0.39, 0.29) is 12.5 Å². The molecule has 5 heteroatoms. The molecule has 0 radical (unpaired) electrons. The predicted molar refractivity (Wildman–Crippen MR) is 80.1 cm³/mol. The molecule has 1 unspecified atom stereocenters. The molecule has 2 rings (SSSR count). The van der Waals surface area contributed by atoms with Crippen molar-refractivity contribution in [2.75, 3.05) is 20.8 Å². The van der Waals surface area contributed by atoms with E-state index in [0.717, 1.165) is 23.6 Å². The Morgan fingerprint density at radius 3 is 2.67 bits per heavy atom. The van der Waals surface area contributed by atoms with Gasteiger partial charge in [-0.3, -0.25) is 9.78 Å². The van der Waals surface area contributed by atoms with Crippen molar-refractivity contribution in [2.45, 2.75) is 32.6 Å². The second kappa shape index (κ2) is 6.43. The number of esters is 1. The molecule has 1 aliphatic rings. The van der Waals surface area contributed by atoms with Gasteiger partial charge in [-0.05, 0) is 19.3 Å². The molecule has 1 aromatic rings. The van der Waals surface area contributed by atoms with Gasteiger partial charge in [0.05, 0.1) is 19.6 Å². The fraction of sp³-hybridized carbons (Fsp3) is 0.625. The van der Waals surface area contributed by atoms with Crippen molar-refractivity contribution >= 4 is 5.97 Å². The molecule has 2 N–H and O–H groups in total. The number of hydrogen-bond donors (Lipinski definition) is 1. The zero-order chi connectivity index (χ0) is 15.5. The van der Waals surface area contributed by atoms with Crippen molar-refractivity contribution in [1.29, 1.82) is 0 Å². The molecule has 1 fully saturated rings. The minimum atomic E-state index is -0.679. The highest BCUT2D eigenvalue weighted by Crippen LogP contribution is 2.42. The molecule has 0 amide bonds. The second-order valence-corrected chi connectivity index (χ2v) is 5.94. The molecule has 116 valence electrons. The Morgan fingerprint density at radius 2 is 2.14 bits per heavy atom. The lowest BCUT2D eigenvalue weighted by atomic mass is 9.78. The molecule has 0 saturated heterocycles. The highest BCUT2D eigenvalue weighted by atomic mass is 16.5. The summed E-state index contributed by atoms with van der Waals surface area (Å²) < 4.78 is 10.3. The largest absolute Gasteiger partial charge is 0.497 e. The van der Waals surface area contributed by atoms with Gasteiger partial charge in [0.25, 0.3) is 0 Å². The van der Waals surface area contributed by atoms with Crippen LogP contribution < -0.4 is 10.5 Å². The summed E-state index contributed by atoms with van der Waals surface area (Å²) in [7, 11) is 3.04. The van der Waals surface area contributed by atoms with E-state index in [1.54, 1.807) is 7.11 Å². The number of aromatic nitrogens is 1. The van der Waals surface area contributed by atoms with Crippen LogP contribution in [0, 0.1) is 18.3 Å². The van der Waals surface area contributed by atoms with Gasteiger partial charge in [0, 0.05) is 36.5 Å². The highest BCUT2D eigenvalue weighted by molar-refractivity contribution is 5.77. The fourth-order valence-corrected chi connectivity index (χ4v) is 2.82. The summed E-state index contributed by atoms with van der Waals surface area (Å²) in [4.78, 5) is 16.8. The van der Waals surface area contributed by atoms with Gasteiger partial charge < -0.3 is 15.2 Å². The summed E-state index contributed by atoms with van der Waals surface area (Å²) in [5.74, 6) is 1.10. The Morgan fingerprint density at radius 1 is 1.43 bits per heavy atom. The lowest BCUT2D eigenvalue weighted by molar-refractivity contribution is -0.153. The summed E-state index contributed by atoms with van der Waals surface area (Å²) in [5, 5.41) is 0. The van der Waals surface area contributed by atoms with E-state index in [1.807, 2.05) is 19.1 Å². The number of methoxy groups -OCH3 is 2. The van der Waals surface area contributed by atoms with Gasteiger partial charge in [0.2, 0.25) is 0 Å². The van der Waals surface area contributed by atoms with E-state index >= 15 is 0 Å². The van der Waals surface area contributed by atoms with Gasteiger partial charge in [-0.2, -0.15) is 0 Å². The van der Waals surface area contributed by atoms with Gasteiger partial charge >= 0.3 is 5.97 Å². The Hall–Kier alpha value is -1.62. The van der Waals surface area contributed by atoms with Crippen LogP contribution in [0.15, 0.2) is 12.1 Å². The molecule has 0 aromatic carbocycles. The summed E-state index contributed by atoms with van der Waals surface area (Å²) in [6, 6.07) is 3.74. The van der Waals surface area contributed by atoms with E-state index in [4.69, 9.17) is 15.2 Å². The molecule has 0 bridgehead atoms. The third-order valence-corrected chi connectivity index (χ3v) is 4.12. The normalized spacial score (nSPS) is 17.1. The Kier molecular flexibility index (Phi) is 4.83. The highest BCUT2D eigenvalue weighted by Gasteiger charge is 2.43. The van der Waals surface area contributed by atoms with Crippen LogP contribution in [0.5, 0.6) is 5.75 Å². The van der Waals surface area contributed by atoms with E-state index in [0.29, 0.717) is 12.3 Å². The number of pyridine rings is 1. The van der Waals surface area contributed by atoms with Crippen LogP contribution in [0.4, 0.5) is 0 Å². The van der Waals surface area contributed by atoms with Crippen LogP contribution in [0.2, 0.25) is 0 Å². The minimum Gasteiger partial charge on any atom is -0.497 e. The maximum atomic E-state index is 12.3. The van der Waals surface area contributed by atoms with Crippen molar-refractivity contribution < 1.29 is 14.3 Å². The Bertz CT molecular complexity index is 514. The number of aryl methyl sites for hydroxylation is 1. The number of ether oxygens (including phenoxy) is 2. The molecule has 1 heterocycles. The molecule has 21 heavy (non-hydrogen) atoms. The van der Waals surface area contributed by atoms with E-state index in [9.17, 15) is 4.79 Å². The third kappa shape index (κ3) is 3.73. The summed E-state index contributed by atoms with van der Waals surface area (Å²) in [5.41, 5.74) is 6.97. The number of carbonyl (C=O) groups is 1. The van der Waals surface area contributed by atoms with Gasteiger partial charge in [0.15, 0.2) is 0 Å². The molecule has 5 nitrogen and oxygen atoms in total. The van der Waals surface area contributed by atoms with Crippen LogP contribution >= 0.6 is 0 Å². The first-order chi connectivity index (χ1) is 10.0. The lowest BCUT2D eigenvalue weighted by Gasteiger charge is -2.29. The summed E-state index contributed by atoms with van der Waals surface area (Å²) >= 11 is 0. The van der Waals surface area contributed by atoms with Gasteiger partial charge in [-0.1, -0.05) is 12.8 Å². The van der Waals surface area contributed by atoms with Crippen LogP contribution in [0.3, 0.4) is 0 Å². The predicted octanol–water partition coefficient (Wildman–Crippen LogP) is 1.86. The first-order valence-electron chi connectivity index (χ1n) is 7.33. The summed E-state index contributed by atoms with van der Waals surface area (Å²) in [6.45, 7) is 2.18. The Balaban J connectivity index is 2.28. The quantitative estimate of drug-likeness (QED) is 0.776. The van der Waals surface area contributed by atoms with E-state index < -0.39 is 5.41 Å². The first kappa shape index (κ1) is 15.8. The monoisotopic (exact) mass is 292 g/mol. The average molecular weight is 292 g/mol. The zero-order valence-electron chi connectivity index (χ0n) is 13.0. The van der Waals surface area contributed by atoms with Crippen molar-refractivity contribution in [1.82, 2.24) is 4.98 Å². The van der Waals surface area contributed by atoms with E-state index in [1.165, 1.54) is 20.0 Å².